The predicted octanol–water partition coefficient (Wildman–Crippen LogP) is 2.77. The molecule has 2 fully saturated rings. The molecule has 3 aliphatic rings. The third-order valence-electron chi connectivity index (χ3n) is 6.34. The standard InChI is InChI=1S/C19H30N4O/c1-22-12-6-5-10-17-16(22)11-7-13-23(17)19(24)18-14-8-3-2-4-9-15(14)20-21-18/h16-17H,2-13H2,1H3,(H,20,21)/t16-,17-/m1/s1. The summed E-state index contributed by atoms with van der Waals surface area (Å²) in [7, 11) is 2.23. The number of aromatic nitrogens is 2. The molecule has 5 nitrogen and oxygen atoms in total. The summed E-state index contributed by atoms with van der Waals surface area (Å²) in [5.74, 6) is 0.180. The number of nitrogens with one attached hydrogen (secondary N) is 1. The molecule has 0 spiro atoms. The first-order valence-electron chi connectivity index (χ1n) is 9.83. The van der Waals surface area contributed by atoms with E-state index in [0.29, 0.717) is 12.1 Å². The van der Waals surface area contributed by atoms with Gasteiger partial charge < -0.3 is 9.80 Å². The molecule has 132 valence electrons. The molecule has 1 aromatic heterocycles. The lowest BCUT2D eigenvalue weighted by Gasteiger charge is -2.43. The molecule has 0 unspecified atom stereocenters. The van der Waals surface area contributed by atoms with Crippen LogP contribution >= 0.6 is 0 Å². The van der Waals surface area contributed by atoms with Crippen molar-refractivity contribution in [3.8, 4) is 0 Å². The summed E-state index contributed by atoms with van der Waals surface area (Å²) in [5, 5.41) is 7.64. The maximum Gasteiger partial charge on any atom is 0.274 e. The van der Waals surface area contributed by atoms with Crippen molar-refractivity contribution in [3.05, 3.63) is 17.0 Å². The van der Waals surface area contributed by atoms with Gasteiger partial charge in [0, 0.05) is 29.9 Å². The lowest BCUT2D eigenvalue weighted by molar-refractivity contribution is 0.0388. The fourth-order valence-electron chi connectivity index (χ4n) is 5.00. The van der Waals surface area contributed by atoms with Gasteiger partial charge in [0.1, 0.15) is 0 Å². The lowest BCUT2D eigenvalue weighted by atomic mass is 9.92. The Bertz CT molecular complexity index is 596. The second-order valence-corrected chi connectivity index (χ2v) is 7.84. The van der Waals surface area contributed by atoms with Crippen LogP contribution in [0.1, 0.15) is 73.1 Å². The van der Waals surface area contributed by atoms with Crippen LogP contribution in [-0.2, 0) is 12.8 Å². The van der Waals surface area contributed by atoms with E-state index in [1.54, 1.807) is 0 Å². The van der Waals surface area contributed by atoms with Gasteiger partial charge in [-0.05, 0) is 65.0 Å². The van der Waals surface area contributed by atoms with Crippen molar-refractivity contribution in [1.82, 2.24) is 20.0 Å². The number of likely N-dealkylation sites (tertiary alicyclic amines) is 2. The molecule has 24 heavy (non-hydrogen) atoms. The van der Waals surface area contributed by atoms with Crippen LogP contribution < -0.4 is 0 Å². The molecule has 4 rings (SSSR count). The Balaban J connectivity index is 1.60. The average molecular weight is 330 g/mol. The van der Waals surface area contributed by atoms with Gasteiger partial charge in [0.25, 0.3) is 5.91 Å². The largest absolute Gasteiger partial charge is 0.333 e. The van der Waals surface area contributed by atoms with Crippen molar-refractivity contribution in [2.45, 2.75) is 76.3 Å². The SMILES string of the molecule is CN1CCCC[C@@H]2[C@H]1CCCN2C(=O)c1n[nH]c2c1CCCCC2. The molecule has 5 heteroatoms. The van der Waals surface area contributed by atoms with Crippen LogP contribution in [0.3, 0.4) is 0 Å². The van der Waals surface area contributed by atoms with E-state index >= 15 is 0 Å². The van der Waals surface area contributed by atoms with Crippen molar-refractivity contribution >= 4 is 5.91 Å². The van der Waals surface area contributed by atoms with Gasteiger partial charge in [-0.3, -0.25) is 9.89 Å². The van der Waals surface area contributed by atoms with Crippen molar-refractivity contribution < 1.29 is 4.79 Å². The number of aromatic amines is 1. The summed E-state index contributed by atoms with van der Waals surface area (Å²) in [6.07, 6.45) is 11.7. The molecule has 3 heterocycles. The highest BCUT2D eigenvalue weighted by Crippen LogP contribution is 2.31. The Morgan fingerprint density at radius 1 is 1.00 bits per heavy atom. The minimum Gasteiger partial charge on any atom is -0.333 e. The maximum absolute atomic E-state index is 13.3. The van der Waals surface area contributed by atoms with E-state index in [4.69, 9.17) is 0 Å². The van der Waals surface area contributed by atoms with Gasteiger partial charge in [-0.2, -0.15) is 5.10 Å². The first-order chi connectivity index (χ1) is 11.8. The number of fused-ring (bicyclic) bond motifs is 2. The van der Waals surface area contributed by atoms with E-state index < -0.39 is 0 Å². The molecule has 2 atom stereocenters. The van der Waals surface area contributed by atoms with Gasteiger partial charge >= 0.3 is 0 Å². The summed E-state index contributed by atoms with van der Waals surface area (Å²) in [6, 6.07) is 0.902. The van der Waals surface area contributed by atoms with Gasteiger partial charge in [-0.25, -0.2) is 0 Å². The Morgan fingerprint density at radius 2 is 1.83 bits per heavy atom. The van der Waals surface area contributed by atoms with Crippen molar-refractivity contribution in [1.29, 1.82) is 0 Å². The number of H-pyrrole nitrogens is 1. The summed E-state index contributed by atoms with van der Waals surface area (Å²) in [4.78, 5) is 18.0. The van der Waals surface area contributed by atoms with Crippen LogP contribution in [0.4, 0.5) is 0 Å². The summed E-state index contributed by atoms with van der Waals surface area (Å²) in [5.41, 5.74) is 3.14. The smallest absolute Gasteiger partial charge is 0.274 e. The van der Waals surface area contributed by atoms with Crippen LogP contribution in [0.25, 0.3) is 0 Å². The number of nitrogens with zero attached hydrogens (tertiary/aromatic N) is 3. The Labute approximate surface area is 144 Å². The van der Waals surface area contributed by atoms with Crippen LogP contribution in [0.5, 0.6) is 0 Å². The van der Waals surface area contributed by atoms with Crippen molar-refractivity contribution in [2.75, 3.05) is 20.1 Å². The minimum atomic E-state index is 0.180. The van der Waals surface area contributed by atoms with Crippen molar-refractivity contribution in [3.63, 3.8) is 0 Å². The van der Waals surface area contributed by atoms with E-state index in [0.717, 1.165) is 37.9 Å². The molecular weight excluding hydrogens is 300 g/mol. The molecule has 0 bridgehead atoms. The highest BCUT2D eigenvalue weighted by molar-refractivity contribution is 5.94. The van der Waals surface area contributed by atoms with Crippen molar-refractivity contribution in [2.24, 2.45) is 0 Å². The summed E-state index contributed by atoms with van der Waals surface area (Å²) in [6.45, 7) is 2.07. The molecule has 0 aromatic carbocycles. The number of piperidine rings is 1. The fraction of sp³-hybridized carbons (Fsp3) is 0.789. The molecule has 1 amide bonds. The molecule has 2 saturated heterocycles. The number of hydrogen-bond donors (Lipinski definition) is 1. The molecule has 1 aromatic rings. The maximum atomic E-state index is 13.3. The predicted molar refractivity (Wildman–Crippen MR) is 94.2 cm³/mol. The quantitative estimate of drug-likeness (QED) is 0.806. The molecule has 0 radical (unpaired) electrons. The summed E-state index contributed by atoms with van der Waals surface area (Å²) < 4.78 is 0. The number of carbonyl (C=O) groups excluding carboxylic acids is 1. The number of likely N-dealkylation sites (N-methyl/N-ethyl adjacent to an activating group) is 1. The fourth-order valence-corrected chi connectivity index (χ4v) is 5.00. The van der Waals surface area contributed by atoms with E-state index in [1.807, 2.05) is 0 Å². The van der Waals surface area contributed by atoms with Gasteiger partial charge in [0.05, 0.1) is 0 Å². The van der Waals surface area contributed by atoms with Crippen LogP contribution in [-0.4, -0.2) is 58.1 Å². The zero-order valence-corrected chi connectivity index (χ0v) is 14.9. The zero-order valence-electron chi connectivity index (χ0n) is 14.9. The Morgan fingerprint density at radius 3 is 2.75 bits per heavy atom. The number of amides is 1. The van der Waals surface area contributed by atoms with Gasteiger partial charge in [0.15, 0.2) is 5.69 Å². The average Bonchev–Trinajstić information content (AvgIpc) is 2.75. The second-order valence-electron chi connectivity index (χ2n) is 7.84. The zero-order chi connectivity index (χ0) is 16.5. The second kappa shape index (κ2) is 6.87. The van der Waals surface area contributed by atoms with E-state index in [1.165, 1.54) is 56.3 Å². The third kappa shape index (κ3) is 2.87. The summed E-state index contributed by atoms with van der Waals surface area (Å²) >= 11 is 0. The molecule has 1 aliphatic carbocycles. The van der Waals surface area contributed by atoms with E-state index in [-0.39, 0.29) is 5.91 Å². The molecule has 0 saturated carbocycles. The normalized spacial score (nSPS) is 28.6. The number of aryl methyl sites for hydroxylation is 1. The number of hydrogen-bond acceptors (Lipinski definition) is 3. The molecule has 1 N–H and O–H groups in total. The van der Waals surface area contributed by atoms with Gasteiger partial charge in [-0.1, -0.05) is 12.8 Å². The highest BCUT2D eigenvalue weighted by Gasteiger charge is 2.38. The topological polar surface area (TPSA) is 52.2 Å². The van der Waals surface area contributed by atoms with Gasteiger partial charge in [-0.15, -0.1) is 0 Å². The Hall–Kier alpha value is -1.36. The third-order valence-corrected chi connectivity index (χ3v) is 6.34. The van der Waals surface area contributed by atoms with E-state index in [9.17, 15) is 4.79 Å². The molecular formula is C19H30N4O. The van der Waals surface area contributed by atoms with Crippen LogP contribution in [0, 0.1) is 0 Å². The number of carbonyl (C=O) groups is 1. The number of rotatable bonds is 1. The lowest BCUT2D eigenvalue weighted by Crippen LogP contribution is -2.55. The first kappa shape index (κ1) is 16.1. The monoisotopic (exact) mass is 330 g/mol. The van der Waals surface area contributed by atoms with E-state index in [2.05, 4.69) is 27.0 Å². The van der Waals surface area contributed by atoms with Crippen LogP contribution in [0.2, 0.25) is 0 Å². The van der Waals surface area contributed by atoms with Gasteiger partial charge in [0.2, 0.25) is 0 Å². The van der Waals surface area contributed by atoms with Crippen LogP contribution in [0.15, 0.2) is 0 Å². The Kier molecular flexibility index (Phi) is 4.61. The first-order valence-corrected chi connectivity index (χ1v) is 9.83. The highest BCUT2D eigenvalue weighted by atomic mass is 16.2. The minimum absolute atomic E-state index is 0.180. The molecule has 2 aliphatic heterocycles.